The molecule has 0 aliphatic rings. The Morgan fingerprint density at radius 1 is 1.12 bits per heavy atom. The van der Waals surface area contributed by atoms with Crippen LogP contribution in [-0.4, -0.2) is 42.9 Å². The lowest BCUT2D eigenvalue weighted by Gasteiger charge is -2.23. The van der Waals surface area contributed by atoms with Gasteiger partial charge in [0, 0.05) is 18.0 Å². The summed E-state index contributed by atoms with van der Waals surface area (Å²) in [6, 6.07) is 14.1. The molecule has 0 saturated carbocycles. The number of benzene rings is 1. The van der Waals surface area contributed by atoms with Crippen LogP contribution in [0, 0.1) is 0 Å². The predicted octanol–water partition coefficient (Wildman–Crippen LogP) is 2.41. The highest BCUT2D eigenvalue weighted by molar-refractivity contribution is 7.10. The number of carbonyl (C=O) groups is 2. The Balaban J connectivity index is 2.02. The van der Waals surface area contributed by atoms with E-state index in [1.807, 2.05) is 55.6 Å². The molecule has 0 radical (unpaired) electrons. The molecule has 1 aromatic heterocycles. The second-order valence-electron chi connectivity index (χ2n) is 5.60. The maximum atomic E-state index is 12.5. The van der Waals surface area contributed by atoms with Gasteiger partial charge in [-0.1, -0.05) is 36.4 Å². The van der Waals surface area contributed by atoms with E-state index in [-0.39, 0.29) is 30.9 Å². The van der Waals surface area contributed by atoms with Crippen LogP contribution in [0.2, 0.25) is 0 Å². The highest BCUT2D eigenvalue weighted by atomic mass is 32.1. The summed E-state index contributed by atoms with van der Waals surface area (Å²) in [5.41, 5.74) is 1.12. The van der Waals surface area contributed by atoms with Gasteiger partial charge >= 0.3 is 0 Å². The fourth-order valence-electron chi connectivity index (χ4n) is 2.59. The molecule has 1 heterocycles. The maximum absolute atomic E-state index is 12.5. The molecule has 0 bridgehead atoms. The van der Waals surface area contributed by atoms with Crippen LogP contribution in [0.1, 0.15) is 30.3 Å². The second kappa shape index (κ2) is 9.96. The van der Waals surface area contributed by atoms with E-state index < -0.39 is 0 Å². The van der Waals surface area contributed by atoms with Crippen molar-refractivity contribution in [1.29, 1.82) is 0 Å². The van der Waals surface area contributed by atoms with E-state index in [2.05, 4.69) is 16.7 Å². The first-order chi connectivity index (χ1) is 12.2. The quantitative estimate of drug-likeness (QED) is 0.723. The average molecular weight is 359 g/mol. The number of thiophene rings is 1. The van der Waals surface area contributed by atoms with Gasteiger partial charge in [-0.3, -0.25) is 14.9 Å². The van der Waals surface area contributed by atoms with Crippen molar-refractivity contribution in [1.82, 2.24) is 15.5 Å². The number of amides is 2. The molecule has 0 unspecified atom stereocenters. The summed E-state index contributed by atoms with van der Waals surface area (Å²) >= 11 is 1.66. The molecule has 6 heteroatoms. The molecule has 0 saturated heterocycles. The third-order valence-electron chi connectivity index (χ3n) is 3.86. The predicted molar refractivity (Wildman–Crippen MR) is 102 cm³/mol. The minimum absolute atomic E-state index is 0.0340. The molecule has 2 aromatic rings. The van der Waals surface area contributed by atoms with Crippen molar-refractivity contribution in [2.45, 2.75) is 19.9 Å². The Bertz CT molecular complexity index is 659. The molecule has 1 atom stereocenters. The van der Waals surface area contributed by atoms with E-state index in [0.717, 1.165) is 10.4 Å². The molecule has 0 aliphatic heterocycles. The van der Waals surface area contributed by atoms with E-state index in [1.165, 1.54) is 0 Å². The molecule has 2 amide bonds. The molecular weight excluding hydrogens is 334 g/mol. The third-order valence-corrected chi connectivity index (χ3v) is 4.80. The smallest absolute Gasteiger partial charge is 0.239 e. The fourth-order valence-corrected chi connectivity index (χ4v) is 3.41. The summed E-state index contributed by atoms with van der Waals surface area (Å²) in [5.74, 6) is -0.207. The van der Waals surface area contributed by atoms with Crippen molar-refractivity contribution in [3.05, 3.63) is 58.3 Å². The largest absolute Gasteiger partial charge is 0.355 e. The Labute approximate surface area is 153 Å². The molecule has 5 nitrogen and oxygen atoms in total. The lowest BCUT2D eigenvalue weighted by molar-refractivity contribution is -0.135. The Kier molecular flexibility index (Phi) is 7.63. The lowest BCUT2D eigenvalue weighted by Crippen LogP contribution is -2.44. The standard InChI is InChI=1S/C19H25N3O2S/c1-3-20-17(23)14-22(4-2)18(24)13-21-19(16-11-8-12-25-16)15-9-6-5-7-10-15/h5-12,19,21H,3-4,13-14H2,1-2H3,(H,20,23)/t19-/m0/s1. The zero-order valence-corrected chi connectivity index (χ0v) is 15.5. The summed E-state index contributed by atoms with van der Waals surface area (Å²) in [5, 5.41) is 8.10. The van der Waals surface area contributed by atoms with Crippen molar-refractivity contribution in [3.63, 3.8) is 0 Å². The van der Waals surface area contributed by atoms with E-state index in [0.29, 0.717) is 13.1 Å². The van der Waals surface area contributed by atoms with Gasteiger partial charge in [0.05, 0.1) is 19.1 Å². The number of hydrogen-bond acceptors (Lipinski definition) is 4. The number of nitrogens with one attached hydrogen (secondary N) is 2. The zero-order chi connectivity index (χ0) is 18.1. The van der Waals surface area contributed by atoms with Crippen LogP contribution >= 0.6 is 11.3 Å². The summed E-state index contributed by atoms with van der Waals surface area (Å²) in [6.45, 7) is 5.10. The van der Waals surface area contributed by atoms with E-state index in [9.17, 15) is 9.59 Å². The van der Waals surface area contributed by atoms with Crippen molar-refractivity contribution in [3.8, 4) is 0 Å². The molecular formula is C19H25N3O2S. The molecule has 0 aliphatic carbocycles. The van der Waals surface area contributed by atoms with Gasteiger partial charge in [0.2, 0.25) is 11.8 Å². The Morgan fingerprint density at radius 2 is 1.88 bits per heavy atom. The van der Waals surface area contributed by atoms with Crippen LogP contribution in [0.4, 0.5) is 0 Å². The van der Waals surface area contributed by atoms with Crippen molar-refractivity contribution in [2.75, 3.05) is 26.2 Å². The molecule has 1 aromatic carbocycles. The molecule has 134 valence electrons. The van der Waals surface area contributed by atoms with Gasteiger partial charge in [-0.2, -0.15) is 0 Å². The van der Waals surface area contributed by atoms with Gasteiger partial charge in [-0.15, -0.1) is 11.3 Å². The molecule has 0 spiro atoms. The highest BCUT2D eigenvalue weighted by Gasteiger charge is 2.19. The van der Waals surface area contributed by atoms with Gasteiger partial charge in [0.25, 0.3) is 0 Å². The fraction of sp³-hybridized carbons (Fsp3) is 0.368. The third kappa shape index (κ3) is 5.69. The summed E-state index contributed by atoms with van der Waals surface area (Å²) in [7, 11) is 0. The number of carbonyl (C=O) groups excluding carboxylic acids is 2. The SMILES string of the molecule is CCNC(=O)CN(CC)C(=O)CN[C@@H](c1ccccc1)c1cccs1. The number of hydrogen-bond donors (Lipinski definition) is 2. The van der Waals surface area contributed by atoms with Gasteiger partial charge in [-0.05, 0) is 30.9 Å². The van der Waals surface area contributed by atoms with E-state index in [1.54, 1.807) is 16.2 Å². The first kappa shape index (κ1) is 19.1. The minimum Gasteiger partial charge on any atom is -0.355 e. The molecule has 25 heavy (non-hydrogen) atoms. The Morgan fingerprint density at radius 3 is 2.48 bits per heavy atom. The second-order valence-corrected chi connectivity index (χ2v) is 6.58. The van der Waals surface area contributed by atoms with Crippen LogP contribution in [0.5, 0.6) is 0 Å². The highest BCUT2D eigenvalue weighted by Crippen LogP contribution is 2.25. The number of nitrogens with zero attached hydrogens (tertiary/aromatic N) is 1. The van der Waals surface area contributed by atoms with Gasteiger partial charge in [0.15, 0.2) is 0 Å². The normalized spacial score (nSPS) is 11.8. The van der Waals surface area contributed by atoms with Crippen LogP contribution in [-0.2, 0) is 9.59 Å². The summed E-state index contributed by atoms with van der Waals surface area (Å²) in [6.07, 6.45) is 0. The average Bonchev–Trinajstić information content (AvgIpc) is 3.15. The van der Waals surface area contributed by atoms with Gasteiger partial charge in [-0.25, -0.2) is 0 Å². The maximum Gasteiger partial charge on any atom is 0.239 e. The topological polar surface area (TPSA) is 61.4 Å². The first-order valence-electron chi connectivity index (χ1n) is 8.51. The number of likely N-dealkylation sites (N-methyl/N-ethyl adjacent to an activating group) is 2. The van der Waals surface area contributed by atoms with Gasteiger partial charge in [0.1, 0.15) is 0 Å². The minimum atomic E-state index is -0.129. The van der Waals surface area contributed by atoms with Gasteiger partial charge < -0.3 is 10.2 Å². The summed E-state index contributed by atoms with van der Waals surface area (Å²) < 4.78 is 0. The van der Waals surface area contributed by atoms with Crippen molar-refractivity contribution < 1.29 is 9.59 Å². The summed E-state index contributed by atoms with van der Waals surface area (Å²) in [4.78, 5) is 27.0. The van der Waals surface area contributed by atoms with E-state index >= 15 is 0 Å². The van der Waals surface area contributed by atoms with E-state index in [4.69, 9.17) is 0 Å². The zero-order valence-electron chi connectivity index (χ0n) is 14.7. The molecule has 0 fully saturated rings. The Hall–Kier alpha value is -2.18. The number of rotatable bonds is 9. The van der Waals surface area contributed by atoms with Crippen LogP contribution in [0.15, 0.2) is 47.8 Å². The first-order valence-corrected chi connectivity index (χ1v) is 9.39. The molecule has 2 rings (SSSR count). The van der Waals surface area contributed by atoms with Crippen LogP contribution in [0.25, 0.3) is 0 Å². The van der Waals surface area contributed by atoms with Crippen molar-refractivity contribution >= 4 is 23.2 Å². The van der Waals surface area contributed by atoms with Crippen molar-refractivity contribution in [2.24, 2.45) is 0 Å². The van der Waals surface area contributed by atoms with Crippen LogP contribution in [0.3, 0.4) is 0 Å². The van der Waals surface area contributed by atoms with Crippen LogP contribution < -0.4 is 10.6 Å². The monoisotopic (exact) mass is 359 g/mol. The molecule has 2 N–H and O–H groups in total. The lowest BCUT2D eigenvalue weighted by atomic mass is 10.1.